The second kappa shape index (κ2) is 11.5. The summed E-state index contributed by atoms with van der Waals surface area (Å²) in [5.41, 5.74) is 5.88. The third kappa shape index (κ3) is 5.42. The van der Waals surface area contributed by atoms with Crippen molar-refractivity contribution in [3.63, 3.8) is 0 Å². The van der Waals surface area contributed by atoms with Gasteiger partial charge >= 0.3 is 0 Å². The second-order valence-corrected chi connectivity index (χ2v) is 7.38. The van der Waals surface area contributed by atoms with Crippen LogP contribution >= 0.6 is 0 Å². The van der Waals surface area contributed by atoms with Gasteiger partial charge in [0.1, 0.15) is 18.1 Å². The lowest BCUT2D eigenvalue weighted by atomic mass is 10.1. The molecule has 4 aromatic rings. The molecule has 0 spiro atoms. The number of anilines is 1. The summed E-state index contributed by atoms with van der Waals surface area (Å²) in [5, 5.41) is 13.8. The Morgan fingerprint density at radius 2 is 1.76 bits per heavy atom. The lowest BCUT2D eigenvalue weighted by Crippen LogP contribution is -1.98. The van der Waals surface area contributed by atoms with E-state index in [1.54, 1.807) is 0 Å². The van der Waals surface area contributed by atoms with Gasteiger partial charge in [-0.05, 0) is 49.2 Å². The van der Waals surface area contributed by atoms with Crippen molar-refractivity contribution in [1.82, 2.24) is 4.57 Å². The number of rotatable bonds is 7. The quantitative estimate of drug-likeness (QED) is 0.355. The molecule has 0 saturated carbocycles. The first-order chi connectivity index (χ1) is 16.2. The standard InChI is InChI=1S/C20H21N3O.C8H8O/c1-4-23-19-12-16(24-5-2)10-11-17(19)18(13-21)20(23)14-6-8-15(22-3)9-7-14;9-7-6-8-4-2-1-3-5-8/h6-12,22H,4-5H2,1-3H3;1-5,7H,6H2. The minimum absolute atomic E-state index is 0.529. The van der Waals surface area contributed by atoms with E-state index in [9.17, 15) is 10.1 Å². The Morgan fingerprint density at radius 3 is 2.33 bits per heavy atom. The lowest BCUT2D eigenvalue weighted by molar-refractivity contribution is -0.107. The predicted octanol–water partition coefficient (Wildman–Crippen LogP) is 6.07. The average molecular weight is 440 g/mol. The molecule has 4 rings (SSSR count). The van der Waals surface area contributed by atoms with E-state index in [-0.39, 0.29) is 0 Å². The Kier molecular flexibility index (Phi) is 8.26. The van der Waals surface area contributed by atoms with Gasteiger partial charge in [0.05, 0.1) is 23.4 Å². The van der Waals surface area contributed by atoms with Crippen molar-refractivity contribution in [2.45, 2.75) is 26.8 Å². The van der Waals surface area contributed by atoms with Gasteiger partial charge in [-0.15, -0.1) is 0 Å². The van der Waals surface area contributed by atoms with Crippen LogP contribution in [0.1, 0.15) is 25.0 Å². The summed E-state index contributed by atoms with van der Waals surface area (Å²) in [7, 11) is 1.90. The maximum absolute atomic E-state index is 9.97. The summed E-state index contributed by atoms with van der Waals surface area (Å²) in [6.07, 6.45) is 1.44. The summed E-state index contributed by atoms with van der Waals surface area (Å²) in [6, 6.07) is 26.2. The van der Waals surface area contributed by atoms with Gasteiger partial charge in [0.2, 0.25) is 0 Å². The van der Waals surface area contributed by atoms with Crippen LogP contribution in [0.15, 0.2) is 72.8 Å². The van der Waals surface area contributed by atoms with E-state index >= 15 is 0 Å². The zero-order valence-corrected chi connectivity index (χ0v) is 19.3. The number of aromatic nitrogens is 1. The van der Waals surface area contributed by atoms with Crippen molar-refractivity contribution in [1.29, 1.82) is 5.26 Å². The number of nitriles is 1. The number of aldehydes is 1. The van der Waals surface area contributed by atoms with Crippen LogP contribution in [0.3, 0.4) is 0 Å². The van der Waals surface area contributed by atoms with Crippen molar-refractivity contribution >= 4 is 22.9 Å². The normalized spacial score (nSPS) is 10.1. The van der Waals surface area contributed by atoms with Gasteiger partial charge < -0.3 is 19.4 Å². The van der Waals surface area contributed by atoms with E-state index in [0.29, 0.717) is 18.6 Å². The van der Waals surface area contributed by atoms with Crippen LogP contribution in [0.5, 0.6) is 5.75 Å². The number of benzene rings is 3. The minimum Gasteiger partial charge on any atom is -0.494 e. The number of nitrogens with zero attached hydrogens (tertiary/aromatic N) is 2. The molecule has 5 nitrogen and oxygen atoms in total. The van der Waals surface area contributed by atoms with Crippen LogP contribution in [0.2, 0.25) is 0 Å². The highest BCUT2D eigenvalue weighted by atomic mass is 16.5. The fraction of sp³-hybridized carbons (Fsp3) is 0.214. The highest BCUT2D eigenvalue weighted by Gasteiger charge is 2.18. The molecule has 0 aliphatic rings. The molecule has 0 aliphatic carbocycles. The zero-order chi connectivity index (χ0) is 23.6. The predicted molar refractivity (Wildman–Crippen MR) is 135 cm³/mol. The topological polar surface area (TPSA) is 67.0 Å². The Bertz CT molecular complexity index is 1240. The number of hydrogen-bond acceptors (Lipinski definition) is 4. The van der Waals surface area contributed by atoms with Gasteiger partial charge in [-0.3, -0.25) is 0 Å². The number of ether oxygens (including phenoxy) is 1. The molecular formula is C28H29N3O2. The molecular weight excluding hydrogens is 410 g/mol. The molecule has 0 saturated heterocycles. The zero-order valence-electron chi connectivity index (χ0n) is 19.3. The molecule has 168 valence electrons. The first-order valence-corrected chi connectivity index (χ1v) is 11.1. The summed E-state index contributed by atoms with van der Waals surface area (Å²) >= 11 is 0. The molecule has 0 amide bonds. The van der Waals surface area contributed by atoms with Crippen LogP contribution in [0.4, 0.5) is 5.69 Å². The molecule has 0 atom stereocenters. The van der Waals surface area contributed by atoms with E-state index in [4.69, 9.17) is 4.74 Å². The summed E-state index contributed by atoms with van der Waals surface area (Å²) in [4.78, 5) is 9.97. The third-order valence-electron chi connectivity index (χ3n) is 5.38. The molecule has 0 bridgehead atoms. The number of carbonyl (C=O) groups excluding carboxylic acids is 1. The molecule has 0 unspecified atom stereocenters. The highest BCUT2D eigenvalue weighted by Crippen LogP contribution is 2.35. The molecule has 5 heteroatoms. The largest absolute Gasteiger partial charge is 0.494 e. The molecule has 0 radical (unpaired) electrons. The number of carbonyl (C=O) groups is 1. The van der Waals surface area contributed by atoms with Crippen molar-refractivity contribution in [2.75, 3.05) is 19.0 Å². The van der Waals surface area contributed by atoms with E-state index in [1.165, 1.54) is 0 Å². The molecule has 1 heterocycles. The Balaban J connectivity index is 0.000000286. The van der Waals surface area contributed by atoms with Gasteiger partial charge in [-0.1, -0.05) is 42.5 Å². The Hall–Kier alpha value is -4.04. The van der Waals surface area contributed by atoms with Gasteiger partial charge in [-0.25, -0.2) is 0 Å². The molecule has 1 N–H and O–H groups in total. The van der Waals surface area contributed by atoms with E-state index in [2.05, 4.69) is 35.0 Å². The van der Waals surface area contributed by atoms with Crippen molar-refractivity contribution < 1.29 is 9.53 Å². The Labute approximate surface area is 195 Å². The van der Waals surface area contributed by atoms with E-state index < -0.39 is 0 Å². The summed E-state index contributed by atoms with van der Waals surface area (Å²) in [5.74, 6) is 0.832. The Morgan fingerprint density at radius 1 is 1.03 bits per heavy atom. The first-order valence-electron chi connectivity index (χ1n) is 11.1. The first kappa shape index (κ1) is 23.6. The fourth-order valence-electron chi connectivity index (χ4n) is 3.83. The summed E-state index contributed by atoms with van der Waals surface area (Å²) < 4.78 is 7.81. The van der Waals surface area contributed by atoms with E-state index in [0.717, 1.165) is 52.0 Å². The highest BCUT2D eigenvalue weighted by molar-refractivity contribution is 5.95. The fourth-order valence-corrected chi connectivity index (χ4v) is 3.83. The molecule has 3 aromatic carbocycles. The summed E-state index contributed by atoms with van der Waals surface area (Å²) in [6.45, 7) is 5.48. The van der Waals surface area contributed by atoms with Gasteiger partial charge in [-0.2, -0.15) is 5.26 Å². The second-order valence-electron chi connectivity index (χ2n) is 7.38. The van der Waals surface area contributed by atoms with Crippen LogP contribution in [-0.2, 0) is 17.8 Å². The third-order valence-corrected chi connectivity index (χ3v) is 5.38. The van der Waals surface area contributed by atoms with Crippen molar-refractivity contribution in [3.05, 3.63) is 83.9 Å². The SMILES string of the molecule is CCOc1ccc2c(C#N)c(-c3ccc(NC)cc3)n(CC)c2c1.O=CCc1ccccc1. The maximum atomic E-state index is 9.97. The molecule has 33 heavy (non-hydrogen) atoms. The van der Waals surface area contributed by atoms with Crippen LogP contribution in [-0.4, -0.2) is 24.5 Å². The maximum Gasteiger partial charge on any atom is 0.124 e. The van der Waals surface area contributed by atoms with Gasteiger partial charge in [0.25, 0.3) is 0 Å². The molecule has 1 aromatic heterocycles. The lowest BCUT2D eigenvalue weighted by Gasteiger charge is -2.10. The van der Waals surface area contributed by atoms with Crippen LogP contribution < -0.4 is 10.1 Å². The smallest absolute Gasteiger partial charge is 0.124 e. The monoisotopic (exact) mass is 439 g/mol. The number of nitrogens with one attached hydrogen (secondary N) is 1. The molecule has 0 aliphatic heterocycles. The number of fused-ring (bicyclic) bond motifs is 1. The van der Waals surface area contributed by atoms with Gasteiger partial charge in [0, 0.05) is 37.2 Å². The number of hydrogen-bond donors (Lipinski definition) is 1. The van der Waals surface area contributed by atoms with Crippen LogP contribution in [0, 0.1) is 11.3 Å². The average Bonchev–Trinajstić information content (AvgIpc) is 3.18. The molecule has 0 fully saturated rings. The number of aryl methyl sites for hydroxylation is 1. The van der Waals surface area contributed by atoms with Gasteiger partial charge in [0.15, 0.2) is 0 Å². The van der Waals surface area contributed by atoms with Crippen molar-refractivity contribution in [2.24, 2.45) is 0 Å². The van der Waals surface area contributed by atoms with Crippen LogP contribution in [0.25, 0.3) is 22.2 Å². The van der Waals surface area contributed by atoms with E-state index in [1.807, 2.05) is 74.6 Å². The van der Waals surface area contributed by atoms with Crippen molar-refractivity contribution in [3.8, 4) is 23.1 Å². The minimum atomic E-state index is 0.529.